The number of nitrogens with zero attached hydrogens (tertiary/aromatic N) is 3. The average molecular weight is 495 g/mol. The molecule has 30 heavy (non-hydrogen) atoms. The molecule has 0 bridgehead atoms. The van der Waals surface area contributed by atoms with Crippen molar-refractivity contribution in [2.45, 2.75) is 0 Å². The normalized spacial score (nSPS) is 14.7. The van der Waals surface area contributed by atoms with E-state index in [2.05, 4.69) is 0 Å². The number of piperazine rings is 1. The summed E-state index contributed by atoms with van der Waals surface area (Å²) in [5, 5.41) is 0.385. The van der Waals surface area contributed by atoms with Gasteiger partial charge in [0.05, 0.1) is 27.0 Å². The van der Waals surface area contributed by atoms with Crippen molar-refractivity contribution >= 4 is 62.1 Å². The van der Waals surface area contributed by atoms with Gasteiger partial charge in [0.15, 0.2) is 0 Å². The number of carbonyl (C=O) groups is 1. The zero-order valence-electron chi connectivity index (χ0n) is 16.0. The highest BCUT2D eigenvalue weighted by molar-refractivity contribution is 7.92. The Bertz CT molecular complexity index is 1040. The minimum absolute atomic E-state index is 0.0729. The molecular weight excluding hydrogens is 476 g/mol. The zero-order chi connectivity index (χ0) is 22.1. The van der Waals surface area contributed by atoms with Gasteiger partial charge in [-0.3, -0.25) is 9.10 Å². The van der Waals surface area contributed by atoms with Crippen LogP contribution in [0.3, 0.4) is 0 Å². The van der Waals surface area contributed by atoms with E-state index in [9.17, 15) is 17.6 Å². The second kappa shape index (κ2) is 9.18. The molecule has 1 heterocycles. The van der Waals surface area contributed by atoms with Crippen LogP contribution in [-0.2, 0) is 14.8 Å². The van der Waals surface area contributed by atoms with Gasteiger partial charge in [-0.25, -0.2) is 12.8 Å². The highest BCUT2D eigenvalue weighted by atomic mass is 35.5. The van der Waals surface area contributed by atoms with E-state index < -0.39 is 16.6 Å². The van der Waals surface area contributed by atoms with E-state index >= 15 is 0 Å². The van der Waals surface area contributed by atoms with E-state index in [1.54, 1.807) is 17.0 Å². The number of carbonyl (C=O) groups excluding carboxylic acids is 1. The molecular formula is C19H19Cl3FN3O3S. The molecule has 0 aliphatic carbocycles. The number of hydrogen-bond acceptors (Lipinski definition) is 4. The van der Waals surface area contributed by atoms with Gasteiger partial charge in [-0.2, -0.15) is 0 Å². The summed E-state index contributed by atoms with van der Waals surface area (Å²) in [6.07, 6.45) is 0.992. The van der Waals surface area contributed by atoms with Crippen LogP contribution >= 0.6 is 34.8 Å². The Balaban J connectivity index is 1.72. The lowest BCUT2D eigenvalue weighted by Crippen LogP contribution is -2.52. The van der Waals surface area contributed by atoms with E-state index in [1.807, 2.05) is 4.90 Å². The molecule has 1 fully saturated rings. The minimum atomic E-state index is -3.81. The van der Waals surface area contributed by atoms with Crippen molar-refractivity contribution in [2.75, 3.05) is 48.2 Å². The summed E-state index contributed by atoms with van der Waals surface area (Å²) in [4.78, 5) is 16.5. The first kappa shape index (κ1) is 22.9. The lowest BCUT2D eigenvalue weighted by molar-refractivity contribution is -0.129. The fourth-order valence-corrected chi connectivity index (χ4v) is 4.72. The number of anilines is 2. The summed E-state index contributed by atoms with van der Waals surface area (Å²) >= 11 is 18.1. The molecule has 0 atom stereocenters. The van der Waals surface area contributed by atoms with Gasteiger partial charge >= 0.3 is 0 Å². The molecule has 1 amide bonds. The molecule has 162 valence electrons. The highest BCUT2D eigenvalue weighted by Gasteiger charge is 2.28. The smallest absolute Gasteiger partial charge is 0.243 e. The lowest BCUT2D eigenvalue weighted by atomic mass is 10.2. The highest BCUT2D eigenvalue weighted by Crippen LogP contribution is 2.35. The van der Waals surface area contributed by atoms with Crippen molar-refractivity contribution in [3.8, 4) is 0 Å². The van der Waals surface area contributed by atoms with Gasteiger partial charge in [-0.1, -0.05) is 34.8 Å². The van der Waals surface area contributed by atoms with E-state index in [4.69, 9.17) is 34.8 Å². The Morgan fingerprint density at radius 3 is 2.13 bits per heavy atom. The molecule has 0 radical (unpaired) electrons. The van der Waals surface area contributed by atoms with E-state index in [0.717, 1.165) is 16.2 Å². The van der Waals surface area contributed by atoms with Crippen molar-refractivity contribution in [3.63, 3.8) is 0 Å². The molecule has 2 aromatic rings. The van der Waals surface area contributed by atoms with Gasteiger partial charge in [-0.05, 0) is 36.4 Å². The Morgan fingerprint density at radius 1 is 1.00 bits per heavy atom. The van der Waals surface area contributed by atoms with Gasteiger partial charge < -0.3 is 9.80 Å². The Hall–Kier alpha value is -1.74. The molecule has 0 unspecified atom stereocenters. The van der Waals surface area contributed by atoms with Crippen molar-refractivity contribution in [1.82, 2.24) is 4.90 Å². The summed E-state index contributed by atoms with van der Waals surface area (Å²) < 4.78 is 38.7. The number of benzene rings is 2. The maximum absolute atomic E-state index is 13.1. The van der Waals surface area contributed by atoms with Crippen LogP contribution in [0.15, 0.2) is 36.4 Å². The summed E-state index contributed by atoms with van der Waals surface area (Å²) in [5.41, 5.74) is 0.954. The topological polar surface area (TPSA) is 60.9 Å². The quantitative estimate of drug-likeness (QED) is 0.592. The number of sulfonamides is 1. The molecule has 1 saturated heterocycles. The van der Waals surface area contributed by atoms with Crippen LogP contribution in [-0.4, -0.2) is 58.2 Å². The molecule has 2 aromatic carbocycles. The third kappa shape index (κ3) is 5.29. The summed E-state index contributed by atoms with van der Waals surface area (Å²) in [7, 11) is -3.81. The number of amides is 1. The molecule has 0 saturated carbocycles. The Kier molecular flexibility index (Phi) is 7.02. The lowest BCUT2D eigenvalue weighted by Gasteiger charge is -2.37. The second-order valence-electron chi connectivity index (χ2n) is 6.83. The summed E-state index contributed by atoms with van der Waals surface area (Å²) in [5.74, 6) is -0.671. The zero-order valence-corrected chi connectivity index (χ0v) is 19.1. The van der Waals surface area contributed by atoms with Crippen molar-refractivity contribution in [1.29, 1.82) is 0 Å². The van der Waals surface area contributed by atoms with Crippen LogP contribution in [0, 0.1) is 5.82 Å². The third-order valence-corrected chi connectivity index (χ3v) is 6.91. The molecule has 0 N–H and O–H groups in total. The van der Waals surface area contributed by atoms with Gasteiger partial charge in [0.25, 0.3) is 0 Å². The predicted molar refractivity (Wildman–Crippen MR) is 119 cm³/mol. The largest absolute Gasteiger partial charge is 0.368 e. The fraction of sp³-hybridized carbons (Fsp3) is 0.316. The maximum Gasteiger partial charge on any atom is 0.243 e. The predicted octanol–water partition coefficient (Wildman–Crippen LogP) is 3.90. The number of hydrogen-bond donors (Lipinski definition) is 0. The van der Waals surface area contributed by atoms with E-state index in [1.165, 1.54) is 24.3 Å². The standard InChI is InChI=1S/C19H19Cl3FN3O3S/c1-30(28,29)26(18-11-16(21)15(20)10-17(18)22)12-19(27)25-8-6-24(7-9-25)14-4-2-13(23)3-5-14/h2-5,10-11H,6-9,12H2,1H3. The number of halogens is 4. The molecule has 1 aliphatic rings. The first-order valence-electron chi connectivity index (χ1n) is 8.97. The third-order valence-electron chi connectivity index (χ3n) is 4.76. The maximum atomic E-state index is 13.1. The summed E-state index contributed by atoms with van der Waals surface area (Å²) in [6.45, 7) is 1.49. The average Bonchev–Trinajstić information content (AvgIpc) is 2.69. The van der Waals surface area contributed by atoms with Crippen molar-refractivity contribution in [3.05, 3.63) is 57.3 Å². The molecule has 0 aromatic heterocycles. The molecule has 1 aliphatic heterocycles. The van der Waals surface area contributed by atoms with Crippen LogP contribution in [0.5, 0.6) is 0 Å². The SMILES string of the molecule is CS(=O)(=O)N(CC(=O)N1CCN(c2ccc(F)cc2)CC1)c1cc(Cl)c(Cl)cc1Cl. The first-order valence-corrected chi connectivity index (χ1v) is 11.9. The van der Waals surface area contributed by atoms with Crippen LogP contribution in [0.1, 0.15) is 0 Å². The molecule has 6 nitrogen and oxygen atoms in total. The van der Waals surface area contributed by atoms with Gasteiger partial charge in [0.1, 0.15) is 12.4 Å². The molecule has 11 heteroatoms. The van der Waals surface area contributed by atoms with E-state index in [0.29, 0.717) is 26.2 Å². The van der Waals surface area contributed by atoms with Crippen LogP contribution in [0.2, 0.25) is 15.1 Å². The van der Waals surface area contributed by atoms with Crippen molar-refractivity contribution in [2.24, 2.45) is 0 Å². The van der Waals surface area contributed by atoms with Crippen LogP contribution < -0.4 is 9.21 Å². The van der Waals surface area contributed by atoms with Gasteiger partial charge in [-0.15, -0.1) is 0 Å². The molecule has 0 spiro atoms. The second-order valence-corrected chi connectivity index (χ2v) is 9.96. The monoisotopic (exact) mass is 493 g/mol. The Morgan fingerprint density at radius 2 is 1.57 bits per heavy atom. The Labute approximate surface area is 189 Å². The van der Waals surface area contributed by atoms with Gasteiger partial charge in [0, 0.05) is 31.9 Å². The summed E-state index contributed by atoms with van der Waals surface area (Å²) in [6, 6.07) is 8.81. The minimum Gasteiger partial charge on any atom is -0.368 e. The van der Waals surface area contributed by atoms with Crippen molar-refractivity contribution < 1.29 is 17.6 Å². The first-order chi connectivity index (χ1) is 14.1. The van der Waals surface area contributed by atoms with Gasteiger partial charge in [0.2, 0.25) is 15.9 Å². The molecule has 3 rings (SSSR count). The number of rotatable bonds is 5. The fourth-order valence-electron chi connectivity index (χ4n) is 3.17. The van der Waals surface area contributed by atoms with Crippen LogP contribution in [0.25, 0.3) is 0 Å². The van der Waals surface area contributed by atoms with Crippen LogP contribution in [0.4, 0.5) is 15.8 Å². The van der Waals surface area contributed by atoms with E-state index in [-0.39, 0.29) is 32.5 Å².